The first kappa shape index (κ1) is 21.1. The molecule has 4 rings (SSSR count). The quantitative estimate of drug-likeness (QED) is 0.694. The van der Waals surface area contributed by atoms with Crippen LogP contribution in [0.25, 0.3) is 0 Å². The molecular weight excluding hydrogens is 427 g/mol. The van der Waals surface area contributed by atoms with Crippen molar-refractivity contribution < 1.29 is 8.42 Å². The average molecular weight is 453 g/mol. The molecule has 0 amide bonds. The van der Waals surface area contributed by atoms with Crippen molar-refractivity contribution in [2.24, 2.45) is 5.92 Å². The highest BCUT2D eigenvalue weighted by molar-refractivity contribution is 7.88. The van der Waals surface area contributed by atoms with E-state index in [0.717, 1.165) is 38.0 Å². The lowest BCUT2D eigenvalue weighted by Gasteiger charge is -2.42. The van der Waals surface area contributed by atoms with Crippen LogP contribution in [0.15, 0.2) is 48.5 Å². The zero-order chi connectivity index (χ0) is 20.6. The highest BCUT2D eigenvalue weighted by Crippen LogP contribution is 2.49. The number of nitrogens with zero attached hydrogens (tertiary/aromatic N) is 1. The normalized spacial score (nSPS) is 24.4. The van der Waals surface area contributed by atoms with Crippen molar-refractivity contribution >= 4 is 33.2 Å². The van der Waals surface area contributed by atoms with Gasteiger partial charge in [-0.25, -0.2) is 13.1 Å². The van der Waals surface area contributed by atoms with E-state index < -0.39 is 15.6 Å². The summed E-state index contributed by atoms with van der Waals surface area (Å²) in [5.41, 5.74) is 1.79. The van der Waals surface area contributed by atoms with Crippen LogP contribution in [0.2, 0.25) is 10.0 Å². The molecule has 1 heterocycles. The summed E-state index contributed by atoms with van der Waals surface area (Å²) >= 11 is 12.2. The molecule has 0 bridgehead atoms. The molecule has 2 fully saturated rings. The van der Waals surface area contributed by atoms with Crippen LogP contribution in [0.4, 0.5) is 0 Å². The lowest BCUT2D eigenvalue weighted by atomic mass is 9.82. The summed E-state index contributed by atoms with van der Waals surface area (Å²) in [4.78, 5) is 2.47. The van der Waals surface area contributed by atoms with Crippen LogP contribution in [0, 0.1) is 5.92 Å². The number of piperidine rings is 1. The van der Waals surface area contributed by atoms with Gasteiger partial charge in [-0.1, -0.05) is 59.6 Å². The van der Waals surface area contributed by atoms with E-state index in [4.69, 9.17) is 23.2 Å². The maximum absolute atomic E-state index is 12.1. The number of hydrogen-bond acceptors (Lipinski definition) is 3. The third-order valence-corrected chi connectivity index (χ3v) is 7.70. The lowest BCUT2D eigenvalue weighted by Crippen LogP contribution is -2.53. The Balaban J connectivity index is 1.40. The molecule has 2 aliphatic rings. The van der Waals surface area contributed by atoms with Crippen molar-refractivity contribution in [3.63, 3.8) is 0 Å². The van der Waals surface area contributed by atoms with E-state index in [1.54, 1.807) is 0 Å². The smallest absolute Gasteiger partial charge is 0.209 e. The van der Waals surface area contributed by atoms with E-state index in [-0.39, 0.29) is 0 Å². The van der Waals surface area contributed by atoms with Crippen LogP contribution < -0.4 is 4.72 Å². The minimum Gasteiger partial charge on any atom is -0.303 e. The van der Waals surface area contributed by atoms with Crippen molar-refractivity contribution in [1.82, 2.24) is 9.62 Å². The summed E-state index contributed by atoms with van der Waals surface area (Å²) < 4.78 is 27.0. The molecule has 2 aromatic carbocycles. The highest BCUT2D eigenvalue weighted by Gasteiger charge is 2.43. The summed E-state index contributed by atoms with van der Waals surface area (Å²) in [5.74, 6) is 1.17. The van der Waals surface area contributed by atoms with Crippen LogP contribution >= 0.6 is 23.2 Å². The standard InChI is InChI=1S/C22H26Cl2N2O2S/c1-29(27,28)25-22(18-5-3-2-4-6-18)9-11-26(12-10-22)15-17-13-19(17)16-7-8-20(23)21(24)14-16/h2-8,14,17,19,25H,9-13,15H2,1H3/t17-,19+/m0/s1. The predicted octanol–water partition coefficient (Wildman–Crippen LogP) is 4.64. The number of halogens is 2. The third kappa shape index (κ3) is 4.97. The second-order valence-corrected chi connectivity index (χ2v) is 11.0. The van der Waals surface area contributed by atoms with E-state index in [0.29, 0.717) is 21.9 Å². The Morgan fingerprint density at radius 2 is 1.76 bits per heavy atom. The SMILES string of the molecule is CS(=O)(=O)NC1(c2ccccc2)CCN(C[C@@H]2C[C@@H]2c2ccc(Cl)c(Cl)c2)CC1. The molecule has 7 heteroatoms. The van der Waals surface area contributed by atoms with Crippen LogP contribution in [0.1, 0.15) is 36.3 Å². The third-order valence-electron chi connectivity index (χ3n) is 6.20. The molecule has 0 radical (unpaired) electrons. The Bertz CT molecular complexity index is 974. The number of hydrogen-bond donors (Lipinski definition) is 1. The molecule has 29 heavy (non-hydrogen) atoms. The Kier molecular flexibility index (Phi) is 5.97. The van der Waals surface area contributed by atoms with Gasteiger partial charge in [-0.05, 0) is 54.4 Å². The lowest BCUT2D eigenvalue weighted by molar-refractivity contribution is 0.145. The maximum Gasteiger partial charge on any atom is 0.209 e. The van der Waals surface area contributed by atoms with Crippen molar-refractivity contribution in [1.29, 1.82) is 0 Å². The molecule has 2 aromatic rings. The van der Waals surface area contributed by atoms with Gasteiger partial charge in [-0.3, -0.25) is 0 Å². The van der Waals surface area contributed by atoms with Gasteiger partial charge < -0.3 is 4.90 Å². The summed E-state index contributed by atoms with van der Waals surface area (Å²) in [7, 11) is -3.30. The minimum absolute atomic E-state index is 0.516. The largest absolute Gasteiger partial charge is 0.303 e. The fourth-order valence-electron chi connectivity index (χ4n) is 4.61. The van der Waals surface area contributed by atoms with E-state index in [1.165, 1.54) is 18.2 Å². The van der Waals surface area contributed by atoms with Gasteiger partial charge in [0.25, 0.3) is 0 Å². The van der Waals surface area contributed by atoms with E-state index in [2.05, 4.69) is 15.7 Å². The van der Waals surface area contributed by atoms with Gasteiger partial charge in [0.05, 0.1) is 21.8 Å². The van der Waals surface area contributed by atoms with Crippen LogP contribution in [-0.2, 0) is 15.6 Å². The van der Waals surface area contributed by atoms with Gasteiger partial charge >= 0.3 is 0 Å². The van der Waals surface area contributed by atoms with Gasteiger partial charge in [-0.15, -0.1) is 0 Å². The average Bonchev–Trinajstić information content (AvgIpc) is 3.44. The Morgan fingerprint density at radius 3 is 2.38 bits per heavy atom. The summed E-state index contributed by atoms with van der Waals surface area (Å²) in [6.45, 7) is 2.79. The zero-order valence-electron chi connectivity index (χ0n) is 16.4. The topological polar surface area (TPSA) is 49.4 Å². The highest BCUT2D eigenvalue weighted by atomic mass is 35.5. The first-order valence-electron chi connectivity index (χ1n) is 9.97. The number of benzene rings is 2. The van der Waals surface area contributed by atoms with E-state index in [9.17, 15) is 8.42 Å². The van der Waals surface area contributed by atoms with Crippen molar-refractivity contribution in [2.45, 2.75) is 30.7 Å². The maximum atomic E-state index is 12.1. The summed E-state index contributed by atoms with van der Waals surface area (Å²) in [5, 5.41) is 1.21. The fourth-order valence-corrected chi connectivity index (χ4v) is 5.95. The molecule has 4 nitrogen and oxygen atoms in total. The molecule has 1 aliphatic heterocycles. The second kappa shape index (κ2) is 8.20. The molecule has 1 saturated carbocycles. The molecule has 156 valence electrons. The molecular formula is C22H26Cl2N2O2S. The van der Waals surface area contributed by atoms with E-state index >= 15 is 0 Å². The molecule has 0 unspecified atom stereocenters. The molecule has 1 saturated heterocycles. The number of likely N-dealkylation sites (tertiary alicyclic amines) is 1. The molecule has 1 aliphatic carbocycles. The van der Waals surface area contributed by atoms with Crippen LogP contribution in [0.5, 0.6) is 0 Å². The van der Waals surface area contributed by atoms with Gasteiger partial charge in [0, 0.05) is 19.6 Å². The van der Waals surface area contributed by atoms with E-state index in [1.807, 2.05) is 42.5 Å². The Hall–Kier alpha value is -1.11. The van der Waals surface area contributed by atoms with Gasteiger partial charge in [0.2, 0.25) is 10.0 Å². The predicted molar refractivity (Wildman–Crippen MR) is 119 cm³/mol. The Morgan fingerprint density at radius 1 is 1.07 bits per heavy atom. The number of sulfonamides is 1. The first-order chi connectivity index (χ1) is 13.8. The van der Waals surface area contributed by atoms with Crippen LogP contribution in [-0.4, -0.2) is 39.2 Å². The monoisotopic (exact) mass is 452 g/mol. The van der Waals surface area contributed by atoms with Crippen molar-refractivity contribution in [3.05, 3.63) is 69.7 Å². The van der Waals surface area contributed by atoms with Gasteiger partial charge in [0.15, 0.2) is 0 Å². The zero-order valence-corrected chi connectivity index (χ0v) is 18.8. The minimum atomic E-state index is -3.30. The fraction of sp³-hybridized carbons (Fsp3) is 0.455. The molecule has 0 aromatic heterocycles. The van der Waals surface area contributed by atoms with Gasteiger partial charge in [-0.2, -0.15) is 0 Å². The second-order valence-electron chi connectivity index (χ2n) is 8.40. The van der Waals surface area contributed by atoms with Crippen molar-refractivity contribution in [3.8, 4) is 0 Å². The first-order valence-corrected chi connectivity index (χ1v) is 12.6. The molecule has 2 atom stereocenters. The number of rotatable bonds is 6. The van der Waals surface area contributed by atoms with Crippen LogP contribution in [0.3, 0.4) is 0 Å². The molecule has 1 N–H and O–H groups in total. The molecule has 0 spiro atoms. The summed E-state index contributed by atoms with van der Waals surface area (Å²) in [6, 6.07) is 15.9. The summed E-state index contributed by atoms with van der Waals surface area (Å²) in [6.07, 6.45) is 3.96. The van der Waals surface area contributed by atoms with Gasteiger partial charge in [0.1, 0.15) is 0 Å². The number of nitrogens with one attached hydrogen (secondary N) is 1. The van der Waals surface area contributed by atoms with Crippen molar-refractivity contribution in [2.75, 3.05) is 25.9 Å². The Labute approximate surface area is 183 Å².